The predicted molar refractivity (Wildman–Crippen MR) is 67.1 cm³/mol. The third-order valence-electron chi connectivity index (χ3n) is 3.16. The monoisotopic (exact) mass is 253 g/mol. The number of hydrogen-bond donors (Lipinski definition) is 2. The van der Waals surface area contributed by atoms with E-state index in [1.807, 2.05) is 0 Å². The van der Waals surface area contributed by atoms with Gasteiger partial charge in [-0.1, -0.05) is 19.3 Å². The van der Waals surface area contributed by atoms with E-state index in [0.717, 1.165) is 31.7 Å². The molecule has 2 rings (SSSR count). The first-order chi connectivity index (χ1) is 8.69. The number of benzene rings is 1. The van der Waals surface area contributed by atoms with Crippen molar-refractivity contribution in [1.29, 1.82) is 0 Å². The van der Waals surface area contributed by atoms with Crippen LogP contribution in [0.4, 0.5) is 8.78 Å². The van der Waals surface area contributed by atoms with Gasteiger partial charge in [-0.2, -0.15) is 0 Å². The van der Waals surface area contributed by atoms with Gasteiger partial charge in [0.15, 0.2) is 0 Å². The van der Waals surface area contributed by atoms with E-state index in [4.69, 9.17) is 5.84 Å². The normalized spacial score (nSPS) is 17.8. The first-order valence-electron chi connectivity index (χ1n) is 6.20. The molecule has 18 heavy (non-hydrogen) atoms. The summed E-state index contributed by atoms with van der Waals surface area (Å²) in [5, 5.41) is 0. The smallest absolute Gasteiger partial charge is 0.142 e. The highest BCUT2D eigenvalue weighted by Gasteiger charge is 2.14. The van der Waals surface area contributed by atoms with Crippen LogP contribution in [0, 0.1) is 11.6 Å². The van der Waals surface area contributed by atoms with Crippen molar-refractivity contribution in [1.82, 2.24) is 5.43 Å². The Bertz CT molecular complexity index is 420. The summed E-state index contributed by atoms with van der Waals surface area (Å²) in [6.45, 7) is 0. The summed E-state index contributed by atoms with van der Waals surface area (Å²) in [6.07, 6.45) is 5.52. The van der Waals surface area contributed by atoms with Crippen molar-refractivity contribution in [2.75, 3.05) is 0 Å². The van der Waals surface area contributed by atoms with Crippen LogP contribution in [0.15, 0.2) is 23.2 Å². The van der Waals surface area contributed by atoms with Crippen molar-refractivity contribution in [3.63, 3.8) is 0 Å². The second kappa shape index (κ2) is 5.91. The van der Waals surface area contributed by atoms with Crippen LogP contribution in [0.2, 0.25) is 0 Å². The van der Waals surface area contributed by atoms with E-state index in [1.54, 1.807) is 0 Å². The number of hydrogen-bond acceptors (Lipinski definition) is 2. The third-order valence-corrected chi connectivity index (χ3v) is 3.16. The molecular formula is C13H17F2N3. The molecule has 0 atom stereocenters. The van der Waals surface area contributed by atoms with Crippen LogP contribution < -0.4 is 11.3 Å². The van der Waals surface area contributed by atoms with Crippen LogP contribution in [0.5, 0.6) is 0 Å². The fraction of sp³-hybridized carbons (Fsp3) is 0.462. The van der Waals surface area contributed by atoms with E-state index in [9.17, 15) is 8.78 Å². The van der Waals surface area contributed by atoms with Crippen LogP contribution in [0.25, 0.3) is 0 Å². The van der Waals surface area contributed by atoms with E-state index < -0.39 is 11.6 Å². The standard InChI is InChI=1S/C13H17F2N3/c14-10-6-9(7-11(15)8-10)13(18-16)17-12-4-2-1-3-5-12/h6-8,12H,1-5,16H2,(H,17,18). The molecule has 1 aromatic rings. The Morgan fingerprint density at radius 2 is 1.72 bits per heavy atom. The van der Waals surface area contributed by atoms with Gasteiger partial charge < -0.3 is 5.43 Å². The minimum atomic E-state index is -0.628. The largest absolute Gasteiger partial charge is 0.308 e. The number of hydrazine groups is 1. The summed E-state index contributed by atoms with van der Waals surface area (Å²) in [4.78, 5) is 4.45. The minimum Gasteiger partial charge on any atom is -0.308 e. The molecule has 1 fully saturated rings. The summed E-state index contributed by atoms with van der Waals surface area (Å²) >= 11 is 0. The molecule has 0 spiro atoms. The number of amidine groups is 1. The van der Waals surface area contributed by atoms with E-state index in [1.165, 1.54) is 18.6 Å². The fourth-order valence-electron chi connectivity index (χ4n) is 2.28. The highest BCUT2D eigenvalue weighted by molar-refractivity contribution is 5.98. The van der Waals surface area contributed by atoms with Gasteiger partial charge in [-0.3, -0.25) is 4.99 Å². The SMILES string of the molecule is NNC(=NC1CCCCC1)c1cc(F)cc(F)c1. The van der Waals surface area contributed by atoms with Gasteiger partial charge in [0.1, 0.15) is 17.5 Å². The zero-order valence-electron chi connectivity index (χ0n) is 10.1. The van der Waals surface area contributed by atoms with Crippen molar-refractivity contribution in [2.24, 2.45) is 10.8 Å². The molecule has 1 aromatic carbocycles. The maximum atomic E-state index is 13.1. The third kappa shape index (κ3) is 3.26. The molecule has 0 unspecified atom stereocenters. The molecular weight excluding hydrogens is 236 g/mol. The lowest BCUT2D eigenvalue weighted by Crippen LogP contribution is -2.33. The molecule has 3 nitrogen and oxygen atoms in total. The summed E-state index contributed by atoms with van der Waals surface area (Å²) < 4.78 is 26.3. The number of halogens is 2. The lowest BCUT2D eigenvalue weighted by atomic mass is 9.96. The second-order valence-electron chi connectivity index (χ2n) is 4.57. The highest BCUT2D eigenvalue weighted by Crippen LogP contribution is 2.21. The van der Waals surface area contributed by atoms with Crippen LogP contribution in [-0.2, 0) is 0 Å². The Labute approximate surface area is 105 Å². The van der Waals surface area contributed by atoms with Crippen molar-refractivity contribution in [3.05, 3.63) is 35.4 Å². The van der Waals surface area contributed by atoms with Gasteiger partial charge in [0.05, 0.1) is 6.04 Å². The number of rotatable bonds is 2. The predicted octanol–water partition coefficient (Wildman–Crippen LogP) is 2.51. The maximum Gasteiger partial charge on any atom is 0.142 e. The lowest BCUT2D eigenvalue weighted by molar-refractivity contribution is 0.442. The van der Waals surface area contributed by atoms with Gasteiger partial charge in [0, 0.05) is 11.6 Å². The zero-order valence-corrected chi connectivity index (χ0v) is 10.1. The van der Waals surface area contributed by atoms with Crippen LogP contribution in [0.3, 0.4) is 0 Å². The molecule has 1 aliphatic rings. The Balaban J connectivity index is 2.23. The first kappa shape index (κ1) is 13.0. The molecule has 0 radical (unpaired) electrons. The fourth-order valence-corrected chi connectivity index (χ4v) is 2.28. The van der Waals surface area contributed by atoms with E-state index in [2.05, 4.69) is 10.4 Å². The molecule has 98 valence electrons. The van der Waals surface area contributed by atoms with Crippen molar-refractivity contribution in [2.45, 2.75) is 38.1 Å². The molecule has 0 amide bonds. The number of nitrogens with zero attached hydrogens (tertiary/aromatic N) is 1. The first-order valence-corrected chi connectivity index (χ1v) is 6.20. The molecule has 5 heteroatoms. The van der Waals surface area contributed by atoms with Gasteiger partial charge in [-0.05, 0) is 25.0 Å². The Hall–Kier alpha value is -1.49. The molecule has 0 aliphatic heterocycles. The van der Waals surface area contributed by atoms with Crippen molar-refractivity contribution >= 4 is 5.84 Å². The molecule has 0 heterocycles. The maximum absolute atomic E-state index is 13.1. The number of nitrogens with one attached hydrogen (secondary N) is 1. The van der Waals surface area contributed by atoms with Crippen LogP contribution in [-0.4, -0.2) is 11.9 Å². The number of nitrogens with two attached hydrogens (primary N) is 1. The Morgan fingerprint density at radius 3 is 2.28 bits per heavy atom. The average molecular weight is 253 g/mol. The number of aliphatic imine (C=N–C) groups is 1. The quantitative estimate of drug-likeness (QED) is 0.368. The topological polar surface area (TPSA) is 50.4 Å². The molecule has 0 bridgehead atoms. The van der Waals surface area contributed by atoms with Gasteiger partial charge in [-0.15, -0.1) is 0 Å². The molecule has 0 saturated heterocycles. The van der Waals surface area contributed by atoms with Crippen LogP contribution in [0.1, 0.15) is 37.7 Å². The van der Waals surface area contributed by atoms with Gasteiger partial charge in [-0.25, -0.2) is 14.6 Å². The summed E-state index contributed by atoms with van der Waals surface area (Å²) in [7, 11) is 0. The molecule has 3 N–H and O–H groups in total. The summed E-state index contributed by atoms with van der Waals surface area (Å²) in [5.41, 5.74) is 2.78. The molecule has 0 aromatic heterocycles. The zero-order chi connectivity index (χ0) is 13.0. The van der Waals surface area contributed by atoms with E-state index in [-0.39, 0.29) is 6.04 Å². The second-order valence-corrected chi connectivity index (χ2v) is 4.57. The Morgan fingerprint density at radius 1 is 1.11 bits per heavy atom. The molecule has 1 aliphatic carbocycles. The van der Waals surface area contributed by atoms with Crippen molar-refractivity contribution < 1.29 is 8.78 Å². The van der Waals surface area contributed by atoms with Crippen LogP contribution >= 0.6 is 0 Å². The van der Waals surface area contributed by atoms with E-state index >= 15 is 0 Å². The average Bonchev–Trinajstić information content (AvgIpc) is 2.36. The van der Waals surface area contributed by atoms with Gasteiger partial charge in [0.2, 0.25) is 0 Å². The highest BCUT2D eigenvalue weighted by atomic mass is 19.1. The minimum absolute atomic E-state index is 0.191. The lowest BCUT2D eigenvalue weighted by Gasteiger charge is -2.19. The molecule has 1 saturated carbocycles. The van der Waals surface area contributed by atoms with Gasteiger partial charge >= 0.3 is 0 Å². The van der Waals surface area contributed by atoms with E-state index in [0.29, 0.717) is 11.4 Å². The summed E-state index contributed by atoms with van der Waals surface area (Å²) in [5.74, 6) is 4.49. The summed E-state index contributed by atoms with van der Waals surface area (Å²) in [6, 6.07) is 3.48. The van der Waals surface area contributed by atoms with Gasteiger partial charge in [0.25, 0.3) is 0 Å². The van der Waals surface area contributed by atoms with Crippen molar-refractivity contribution in [3.8, 4) is 0 Å². The Kier molecular flexibility index (Phi) is 4.25.